The first kappa shape index (κ1) is 17.1. The van der Waals surface area contributed by atoms with Crippen molar-refractivity contribution in [2.45, 2.75) is 34.6 Å². The molecule has 1 N–H and O–H groups in total. The second-order valence-corrected chi connectivity index (χ2v) is 6.48. The van der Waals surface area contributed by atoms with Gasteiger partial charge in [0.15, 0.2) is 0 Å². The first-order valence-electron chi connectivity index (χ1n) is 6.53. The zero-order valence-corrected chi connectivity index (χ0v) is 12.8. The van der Waals surface area contributed by atoms with Gasteiger partial charge in [0, 0.05) is 32.7 Å². The van der Waals surface area contributed by atoms with E-state index in [0.29, 0.717) is 6.54 Å². The zero-order valence-electron chi connectivity index (χ0n) is 11.9. The minimum absolute atomic E-state index is 0.166. The second-order valence-electron chi connectivity index (χ2n) is 3.76. The molecule has 104 valence electrons. The Balaban J connectivity index is 5.38. The fraction of sp³-hybridized carbons (Fsp3) is 1.00. The molecule has 0 atom stereocenters. The highest BCUT2D eigenvalue weighted by atomic mass is 31.2. The number of aliphatic hydroxyl groups excluding tert-OH is 1. The van der Waals surface area contributed by atoms with Crippen LogP contribution in [0.2, 0.25) is 0 Å². The predicted octanol–water partition coefficient (Wildman–Crippen LogP) is 2.05. The minimum atomic E-state index is -2.80. The summed E-state index contributed by atoms with van der Waals surface area (Å²) in [6.07, 6.45) is 0. The van der Waals surface area contributed by atoms with E-state index in [1.807, 2.05) is 44.0 Å². The lowest BCUT2D eigenvalue weighted by Gasteiger charge is -2.42. The maximum Gasteiger partial charge on any atom is 0.288 e. The SMILES string of the molecule is CCN(CC)P(=O)(N(CC)CC)N(CC)CO. The van der Waals surface area contributed by atoms with Crippen molar-refractivity contribution in [2.24, 2.45) is 0 Å². The Kier molecular flexibility index (Phi) is 8.25. The Morgan fingerprint density at radius 2 is 1.06 bits per heavy atom. The predicted molar refractivity (Wildman–Crippen MR) is 72.9 cm³/mol. The molecule has 0 rings (SSSR count). The second kappa shape index (κ2) is 8.22. The lowest BCUT2D eigenvalue weighted by atomic mass is 10.7. The normalized spacial score (nSPS) is 13.0. The van der Waals surface area contributed by atoms with Crippen LogP contribution in [-0.2, 0) is 4.57 Å². The molecule has 6 heteroatoms. The summed E-state index contributed by atoms with van der Waals surface area (Å²) in [6, 6.07) is 0. The van der Waals surface area contributed by atoms with Crippen molar-refractivity contribution in [3.63, 3.8) is 0 Å². The van der Waals surface area contributed by atoms with Gasteiger partial charge >= 0.3 is 0 Å². The van der Waals surface area contributed by atoms with Crippen LogP contribution in [0.4, 0.5) is 0 Å². The summed E-state index contributed by atoms with van der Waals surface area (Å²) in [5.74, 6) is 0. The molecule has 0 aromatic heterocycles. The number of hydrogen-bond donors (Lipinski definition) is 1. The van der Waals surface area contributed by atoms with Gasteiger partial charge in [-0.1, -0.05) is 34.6 Å². The number of rotatable bonds is 9. The van der Waals surface area contributed by atoms with Gasteiger partial charge in [-0.2, -0.15) is 0 Å². The van der Waals surface area contributed by atoms with Gasteiger partial charge in [0.25, 0.3) is 7.59 Å². The molecule has 0 fully saturated rings. The molecule has 0 saturated heterocycles. The highest BCUT2D eigenvalue weighted by Crippen LogP contribution is 2.55. The highest BCUT2D eigenvalue weighted by Gasteiger charge is 2.39. The van der Waals surface area contributed by atoms with Gasteiger partial charge in [-0.3, -0.25) is 4.57 Å². The lowest BCUT2D eigenvalue weighted by molar-refractivity contribution is 0.157. The van der Waals surface area contributed by atoms with Crippen molar-refractivity contribution in [2.75, 3.05) is 39.5 Å². The standard InChI is InChI=1S/C11H28N3O2P/c1-6-12(7-2)17(16,13(8-3)9-4)14(10-5)11-15/h15H,6-11H2,1-5H3. The van der Waals surface area contributed by atoms with E-state index in [-0.39, 0.29) is 6.73 Å². The molecule has 0 radical (unpaired) electrons. The van der Waals surface area contributed by atoms with Crippen molar-refractivity contribution >= 4 is 7.59 Å². The summed E-state index contributed by atoms with van der Waals surface area (Å²) in [5, 5.41) is 9.44. The van der Waals surface area contributed by atoms with Crippen LogP contribution in [-0.4, -0.2) is 58.6 Å². The van der Waals surface area contributed by atoms with Gasteiger partial charge in [0.05, 0.1) is 0 Å². The third kappa shape index (κ3) is 3.52. The maximum absolute atomic E-state index is 13.3. The molecule has 17 heavy (non-hydrogen) atoms. The summed E-state index contributed by atoms with van der Waals surface area (Å²) >= 11 is 0. The van der Waals surface area contributed by atoms with E-state index in [2.05, 4.69) is 0 Å². The van der Waals surface area contributed by atoms with E-state index in [4.69, 9.17) is 0 Å². The maximum atomic E-state index is 13.3. The lowest BCUT2D eigenvalue weighted by Crippen LogP contribution is -2.41. The van der Waals surface area contributed by atoms with Gasteiger partial charge in [0.1, 0.15) is 6.73 Å². The van der Waals surface area contributed by atoms with Gasteiger partial charge in [-0.05, 0) is 0 Å². The average molecular weight is 265 g/mol. The molecule has 0 aromatic rings. The third-order valence-electron chi connectivity index (χ3n) is 3.09. The Hall–Kier alpha value is 0.0700. The summed E-state index contributed by atoms with van der Waals surface area (Å²) in [6.45, 7) is 13.3. The van der Waals surface area contributed by atoms with Gasteiger partial charge in [-0.15, -0.1) is 0 Å². The van der Waals surface area contributed by atoms with Crippen molar-refractivity contribution < 1.29 is 9.67 Å². The fourth-order valence-corrected chi connectivity index (χ4v) is 5.17. The van der Waals surface area contributed by atoms with E-state index in [0.717, 1.165) is 26.2 Å². The minimum Gasteiger partial charge on any atom is -0.381 e. The molecule has 0 aliphatic carbocycles. The van der Waals surface area contributed by atoms with Crippen LogP contribution >= 0.6 is 7.59 Å². The van der Waals surface area contributed by atoms with Crippen LogP contribution in [0.5, 0.6) is 0 Å². The molecule has 0 amide bonds. The average Bonchev–Trinajstić information content (AvgIpc) is 2.33. The van der Waals surface area contributed by atoms with Gasteiger partial charge in [-0.25, -0.2) is 14.0 Å². The molecular formula is C11H28N3O2P. The van der Waals surface area contributed by atoms with Crippen molar-refractivity contribution in [1.29, 1.82) is 0 Å². The fourth-order valence-electron chi connectivity index (χ4n) is 2.09. The first-order valence-corrected chi connectivity index (χ1v) is 8.10. The van der Waals surface area contributed by atoms with E-state index in [9.17, 15) is 9.67 Å². The Morgan fingerprint density at radius 3 is 1.24 bits per heavy atom. The molecule has 0 bridgehead atoms. The number of aliphatic hydroxyl groups is 1. The van der Waals surface area contributed by atoms with E-state index in [1.54, 1.807) is 4.67 Å². The summed E-state index contributed by atoms with van der Waals surface area (Å²) in [5.41, 5.74) is 0. The monoisotopic (exact) mass is 265 g/mol. The van der Waals surface area contributed by atoms with Crippen LogP contribution in [0.1, 0.15) is 34.6 Å². The molecular weight excluding hydrogens is 237 g/mol. The van der Waals surface area contributed by atoms with E-state index >= 15 is 0 Å². The van der Waals surface area contributed by atoms with E-state index in [1.165, 1.54) is 0 Å². The molecule has 5 nitrogen and oxygen atoms in total. The zero-order chi connectivity index (χ0) is 13.5. The molecule has 0 aliphatic rings. The Morgan fingerprint density at radius 1 is 0.765 bits per heavy atom. The summed E-state index contributed by atoms with van der Waals surface area (Å²) in [4.78, 5) is 0. The van der Waals surface area contributed by atoms with Gasteiger partial charge in [0.2, 0.25) is 0 Å². The smallest absolute Gasteiger partial charge is 0.288 e. The highest BCUT2D eigenvalue weighted by molar-refractivity contribution is 7.56. The molecule has 0 unspecified atom stereocenters. The Labute approximate surface area is 106 Å². The largest absolute Gasteiger partial charge is 0.381 e. The van der Waals surface area contributed by atoms with Crippen LogP contribution in [0.25, 0.3) is 0 Å². The molecule has 0 spiro atoms. The van der Waals surface area contributed by atoms with Crippen LogP contribution in [0.15, 0.2) is 0 Å². The third-order valence-corrected chi connectivity index (χ3v) is 6.85. The number of hydrogen-bond acceptors (Lipinski definition) is 2. The quantitative estimate of drug-likeness (QED) is 0.511. The van der Waals surface area contributed by atoms with Crippen molar-refractivity contribution in [1.82, 2.24) is 14.0 Å². The number of nitrogens with zero attached hydrogens (tertiary/aromatic N) is 3. The van der Waals surface area contributed by atoms with Crippen LogP contribution in [0, 0.1) is 0 Å². The Bertz CT molecular complexity index is 201. The van der Waals surface area contributed by atoms with Gasteiger partial charge < -0.3 is 5.11 Å². The van der Waals surface area contributed by atoms with E-state index < -0.39 is 7.59 Å². The molecule has 0 saturated carbocycles. The van der Waals surface area contributed by atoms with Crippen molar-refractivity contribution in [3.05, 3.63) is 0 Å². The van der Waals surface area contributed by atoms with Crippen LogP contribution in [0.3, 0.4) is 0 Å². The summed E-state index contributed by atoms with van der Waals surface area (Å²) < 4.78 is 18.9. The first-order chi connectivity index (χ1) is 8.06. The van der Waals surface area contributed by atoms with Crippen molar-refractivity contribution in [3.8, 4) is 0 Å². The summed E-state index contributed by atoms with van der Waals surface area (Å²) in [7, 11) is -2.80. The molecule has 0 aromatic carbocycles. The topological polar surface area (TPSA) is 47.0 Å². The molecule has 0 aliphatic heterocycles. The molecule has 0 heterocycles. The van der Waals surface area contributed by atoms with Crippen LogP contribution < -0.4 is 0 Å².